The maximum absolute atomic E-state index is 13.3. The number of hydrogen-bond donors (Lipinski definition) is 1. The molecule has 116 valence electrons. The Morgan fingerprint density at radius 1 is 1.00 bits per heavy atom. The minimum atomic E-state index is -0.293. The summed E-state index contributed by atoms with van der Waals surface area (Å²) in [4.78, 5) is 4.38. The van der Waals surface area contributed by atoms with Gasteiger partial charge in [-0.05, 0) is 30.5 Å². The summed E-state index contributed by atoms with van der Waals surface area (Å²) < 4.78 is 13.3. The fourth-order valence-electron chi connectivity index (χ4n) is 2.30. The minimum Gasteiger partial charge on any atom is -0.353 e. The summed E-state index contributed by atoms with van der Waals surface area (Å²) >= 11 is 0. The van der Waals surface area contributed by atoms with Crippen LogP contribution in [0.25, 0.3) is 11.3 Å². The Kier molecular flexibility index (Phi) is 4.88. The minimum absolute atomic E-state index is 0.293. The van der Waals surface area contributed by atoms with Crippen LogP contribution in [0.4, 0.5) is 10.3 Å². The van der Waals surface area contributed by atoms with Gasteiger partial charge in [-0.1, -0.05) is 42.5 Å². The maximum atomic E-state index is 13.3. The molecule has 0 atom stereocenters. The Labute approximate surface area is 134 Å². The van der Waals surface area contributed by atoms with Crippen LogP contribution in [0.1, 0.15) is 12.0 Å². The third-order valence-corrected chi connectivity index (χ3v) is 3.45. The first-order valence-corrected chi connectivity index (χ1v) is 7.55. The van der Waals surface area contributed by atoms with E-state index in [1.165, 1.54) is 23.9 Å². The summed E-state index contributed by atoms with van der Waals surface area (Å²) in [6.45, 7) is 0.753. The average Bonchev–Trinajstić information content (AvgIpc) is 2.60. The molecule has 1 N–H and O–H groups in total. The lowest BCUT2D eigenvalue weighted by atomic mass is 10.1. The molecule has 0 radical (unpaired) electrons. The topological polar surface area (TPSA) is 50.7 Å². The zero-order valence-corrected chi connectivity index (χ0v) is 12.6. The number of nitrogens with zero attached hydrogens (tertiary/aromatic N) is 3. The van der Waals surface area contributed by atoms with E-state index in [2.05, 4.69) is 32.6 Å². The molecule has 0 bridgehead atoms. The molecule has 0 aliphatic rings. The number of nitrogens with one attached hydrogen (secondary N) is 1. The molecule has 0 unspecified atom stereocenters. The van der Waals surface area contributed by atoms with Crippen molar-refractivity contribution in [3.05, 3.63) is 72.2 Å². The lowest BCUT2D eigenvalue weighted by Gasteiger charge is -2.06. The molecule has 3 aromatic rings. The van der Waals surface area contributed by atoms with Crippen molar-refractivity contribution in [3.63, 3.8) is 0 Å². The monoisotopic (exact) mass is 308 g/mol. The van der Waals surface area contributed by atoms with Gasteiger partial charge in [-0.3, -0.25) is 0 Å². The standard InChI is InChI=1S/C18H17FN4/c19-16-10-4-9-15(12-16)17-13-21-23-18(22-17)20-11-5-8-14-6-2-1-3-7-14/h1-4,6-7,9-10,12-13H,5,8,11H2,(H,20,22,23). The molecule has 0 spiro atoms. The summed E-state index contributed by atoms with van der Waals surface area (Å²) in [5, 5.41) is 11.1. The van der Waals surface area contributed by atoms with Crippen LogP contribution in [0.5, 0.6) is 0 Å². The Morgan fingerprint density at radius 3 is 2.70 bits per heavy atom. The Hall–Kier alpha value is -2.82. The molecule has 0 amide bonds. The first-order valence-electron chi connectivity index (χ1n) is 7.55. The highest BCUT2D eigenvalue weighted by molar-refractivity contribution is 5.58. The lowest BCUT2D eigenvalue weighted by molar-refractivity contribution is 0.628. The molecular formula is C18H17FN4. The molecule has 3 rings (SSSR count). The van der Waals surface area contributed by atoms with E-state index >= 15 is 0 Å². The second-order valence-electron chi connectivity index (χ2n) is 5.19. The molecule has 0 aliphatic heterocycles. The van der Waals surface area contributed by atoms with Crippen molar-refractivity contribution in [2.75, 3.05) is 11.9 Å². The maximum Gasteiger partial charge on any atom is 0.243 e. The fourth-order valence-corrected chi connectivity index (χ4v) is 2.30. The molecule has 1 heterocycles. The molecule has 23 heavy (non-hydrogen) atoms. The molecule has 0 fully saturated rings. The summed E-state index contributed by atoms with van der Waals surface area (Å²) in [6.07, 6.45) is 3.49. The van der Waals surface area contributed by atoms with E-state index in [9.17, 15) is 4.39 Å². The van der Waals surface area contributed by atoms with Gasteiger partial charge in [-0.15, -0.1) is 5.10 Å². The van der Waals surface area contributed by atoms with Crippen LogP contribution in [-0.2, 0) is 6.42 Å². The van der Waals surface area contributed by atoms with Gasteiger partial charge in [0, 0.05) is 12.1 Å². The van der Waals surface area contributed by atoms with Crippen LogP contribution in [0, 0.1) is 5.82 Å². The van der Waals surface area contributed by atoms with Crippen LogP contribution in [0.15, 0.2) is 60.8 Å². The van der Waals surface area contributed by atoms with E-state index in [4.69, 9.17) is 0 Å². The fraction of sp³-hybridized carbons (Fsp3) is 0.167. The second-order valence-corrected chi connectivity index (χ2v) is 5.19. The molecular weight excluding hydrogens is 291 g/mol. The van der Waals surface area contributed by atoms with Crippen molar-refractivity contribution in [3.8, 4) is 11.3 Å². The quantitative estimate of drug-likeness (QED) is 0.705. The smallest absolute Gasteiger partial charge is 0.243 e. The Bertz CT molecular complexity index is 762. The van der Waals surface area contributed by atoms with E-state index in [1.807, 2.05) is 18.2 Å². The van der Waals surface area contributed by atoms with Crippen molar-refractivity contribution < 1.29 is 4.39 Å². The molecule has 2 aromatic carbocycles. The van der Waals surface area contributed by atoms with Crippen LogP contribution in [0.2, 0.25) is 0 Å². The average molecular weight is 308 g/mol. The number of hydrogen-bond acceptors (Lipinski definition) is 4. The second kappa shape index (κ2) is 7.45. The molecule has 1 aromatic heterocycles. The van der Waals surface area contributed by atoms with Crippen LogP contribution in [-0.4, -0.2) is 21.7 Å². The van der Waals surface area contributed by atoms with E-state index < -0.39 is 0 Å². The lowest BCUT2D eigenvalue weighted by Crippen LogP contribution is -2.07. The highest BCUT2D eigenvalue weighted by atomic mass is 19.1. The van der Waals surface area contributed by atoms with E-state index in [0.717, 1.165) is 19.4 Å². The van der Waals surface area contributed by atoms with Gasteiger partial charge in [-0.2, -0.15) is 5.10 Å². The number of anilines is 1. The van der Waals surface area contributed by atoms with E-state index in [0.29, 0.717) is 17.2 Å². The van der Waals surface area contributed by atoms with E-state index in [1.54, 1.807) is 12.1 Å². The predicted molar refractivity (Wildman–Crippen MR) is 88.5 cm³/mol. The first-order chi connectivity index (χ1) is 11.3. The first kappa shape index (κ1) is 15.1. The third-order valence-electron chi connectivity index (χ3n) is 3.45. The highest BCUT2D eigenvalue weighted by Crippen LogP contribution is 2.17. The molecule has 0 aliphatic carbocycles. The van der Waals surface area contributed by atoms with Gasteiger partial charge >= 0.3 is 0 Å². The van der Waals surface area contributed by atoms with Crippen molar-refractivity contribution >= 4 is 5.95 Å². The molecule has 5 heteroatoms. The van der Waals surface area contributed by atoms with Crippen molar-refractivity contribution in [2.24, 2.45) is 0 Å². The van der Waals surface area contributed by atoms with Crippen LogP contribution < -0.4 is 5.32 Å². The molecule has 4 nitrogen and oxygen atoms in total. The normalized spacial score (nSPS) is 10.5. The van der Waals surface area contributed by atoms with Gasteiger partial charge in [0.2, 0.25) is 5.95 Å². The summed E-state index contributed by atoms with van der Waals surface area (Å²) in [5.74, 6) is 0.165. The Morgan fingerprint density at radius 2 is 1.87 bits per heavy atom. The molecule has 0 saturated heterocycles. The van der Waals surface area contributed by atoms with Crippen molar-refractivity contribution in [2.45, 2.75) is 12.8 Å². The zero-order chi connectivity index (χ0) is 15.9. The van der Waals surface area contributed by atoms with Gasteiger partial charge in [0.05, 0.1) is 11.9 Å². The van der Waals surface area contributed by atoms with Gasteiger partial charge in [0.15, 0.2) is 0 Å². The summed E-state index contributed by atoms with van der Waals surface area (Å²) in [5.41, 5.74) is 2.60. The van der Waals surface area contributed by atoms with Crippen molar-refractivity contribution in [1.82, 2.24) is 15.2 Å². The SMILES string of the molecule is Fc1cccc(-c2cnnc(NCCCc3ccccc3)n2)c1. The van der Waals surface area contributed by atoms with Crippen molar-refractivity contribution in [1.29, 1.82) is 0 Å². The zero-order valence-electron chi connectivity index (χ0n) is 12.6. The van der Waals surface area contributed by atoms with Gasteiger partial charge in [-0.25, -0.2) is 9.37 Å². The van der Waals surface area contributed by atoms with E-state index in [-0.39, 0.29) is 5.82 Å². The highest BCUT2D eigenvalue weighted by Gasteiger charge is 2.04. The summed E-state index contributed by atoms with van der Waals surface area (Å²) in [6, 6.07) is 16.6. The predicted octanol–water partition coefficient (Wildman–Crippen LogP) is 3.72. The third kappa shape index (κ3) is 4.32. The molecule has 0 saturated carbocycles. The number of halogens is 1. The number of aryl methyl sites for hydroxylation is 1. The number of aromatic nitrogens is 3. The number of benzene rings is 2. The van der Waals surface area contributed by atoms with Crippen LogP contribution >= 0.6 is 0 Å². The summed E-state index contributed by atoms with van der Waals surface area (Å²) in [7, 11) is 0. The largest absolute Gasteiger partial charge is 0.353 e. The van der Waals surface area contributed by atoms with Crippen LogP contribution in [0.3, 0.4) is 0 Å². The van der Waals surface area contributed by atoms with Gasteiger partial charge < -0.3 is 5.32 Å². The number of rotatable bonds is 6. The van der Waals surface area contributed by atoms with Gasteiger partial charge in [0.1, 0.15) is 5.82 Å². The Balaban J connectivity index is 1.58. The van der Waals surface area contributed by atoms with Gasteiger partial charge in [0.25, 0.3) is 0 Å².